The molecular weight excluding hydrogens is 466 g/mol. The number of aryl methyl sites for hydroxylation is 1. The zero-order chi connectivity index (χ0) is 26.7. The zero-order valence-electron chi connectivity index (χ0n) is 23.8. The van der Waals surface area contributed by atoms with Gasteiger partial charge in [-0.3, -0.25) is 9.80 Å². The van der Waals surface area contributed by atoms with Gasteiger partial charge in [0.2, 0.25) is 0 Å². The lowest BCUT2D eigenvalue weighted by atomic mass is 9.86. The Balaban J connectivity index is 1.31. The van der Waals surface area contributed by atoms with Crippen molar-refractivity contribution >= 4 is 27.9 Å². The fourth-order valence-corrected chi connectivity index (χ4v) is 5.96. The van der Waals surface area contributed by atoms with Gasteiger partial charge >= 0.3 is 0 Å². The van der Waals surface area contributed by atoms with E-state index in [1.165, 1.54) is 49.6 Å². The Morgan fingerprint density at radius 1 is 0.895 bits per heavy atom. The number of nitrogens with one attached hydrogen (secondary N) is 1. The van der Waals surface area contributed by atoms with Crippen molar-refractivity contribution in [1.29, 1.82) is 0 Å². The van der Waals surface area contributed by atoms with E-state index in [-0.39, 0.29) is 11.0 Å². The molecule has 198 valence electrons. The Kier molecular flexibility index (Phi) is 6.16. The first kappa shape index (κ1) is 25.2. The number of aromatic amines is 1. The topological polar surface area (TPSA) is 31.5 Å². The smallest absolute Gasteiger partial charge is 0.134 e. The van der Waals surface area contributed by atoms with Crippen molar-refractivity contribution in [3.8, 4) is 5.75 Å². The van der Waals surface area contributed by atoms with Gasteiger partial charge in [0, 0.05) is 66.7 Å². The third kappa shape index (κ3) is 4.88. The van der Waals surface area contributed by atoms with Crippen LogP contribution in [0.4, 0.5) is 0 Å². The van der Waals surface area contributed by atoms with Gasteiger partial charge in [-0.05, 0) is 67.7 Å². The van der Waals surface area contributed by atoms with Crippen molar-refractivity contribution in [2.75, 3.05) is 26.2 Å². The summed E-state index contributed by atoms with van der Waals surface area (Å²) < 4.78 is 6.64. The molecule has 0 spiro atoms. The molecule has 2 aliphatic heterocycles. The predicted molar refractivity (Wildman–Crippen MR) is 160 cm³/mol. The maximum Gasteiger partial charge on any atom is 0.134 e. The van der Waals surface area contributed by atoms with E-state index in [0.717, 1.165) is 45.0 Å². The highest BCUT2D eigenvalue weighted by Gasteiger charge is 2.28. The van der Waals surface area contributed by atoms with Gasteiger partial charge in [0.15, 0.2) is 0 Å². The molecule has 0 radical (unpaired) electrons. The molecular formula is C34H41N3O. The SMILES string of the molecule is Cc1cccc(CN2CCN(Cc3cc4c([nH]c5ccc(C(C)(C)C)cc54)c4c3OC(C)(C)C=C4)CC2)c1. The van der Waals surface area contributed by atoms with Crippen LogP contribution in [0, 0.1) is 6.92 Å². The molecule has 3 heterocycles. The van der Waals surface area contributed by atoms with E-state index in [1.54, 1.807) is 0 Å². The van der Waals surface area contributed by atoms with E-state index in [9.17, 15) is 0 Å². The van der Waals surface area contributed by atoms with Gasteiger partial charge in [-0.1, -0.05) is 56.7 Å². The fraction of sp³-hybridized carbons (Fsp3) is 0.412. The highest BCUT2D eigenvalue weighted by molar-refractivity contribution is 6.11. The lowest BCUT2D eigenvalue weighted by molar-refractivity contribution is 0.117. The van der Waals surface area contributed by atoms with Crippen molar-refractivity contribution in [2.24, 2.45) is 0 Å². The highest BCUT2D eigenvalue weighted by atomic mass is 16.5. The maximum absolute atomic E-state index is 6.64. The molecule has 4 aromatic rings. The van der Waals surface area contributed by atoms with Crippen LogP contribution in [-0.2, 0) is 18.5 Å². The van der Waals surface area contributed by atoms with Crippen molar-refractivity contribution in [1.82, 2.24) is 14.8 Å². The molecule has 0 bridgehead atoms. The number of nitrogens with zero attached hydrogens (tertiary/aromatic N) is 2. The second kappa shape index (κ2) is 9.29. The first-order valence-corrected chi connectivity index (χ1v) is 14.1. The fourth-order valence-electron chi connectivity index (χ4n) is 5.96. The monoisotopic (exact) mass is 507 g/mol. The number of rotatable bonds is 4. The van der Waals surface area contributed by atoms with E-state index in [2.05, 4.69) is 117 Å². The predicted octanol–water partition coefficient (Wildman–Crippen LogP) is 7.43. The molecule has 1 fully saturated rings. The molecule has 38 heavy (non-hydrogen) atoms. The number of H-pyrrole nitrogens is 1. The van der Waals surface area contributed by atoms with E-state index in [4.69, 9.17) is 4.74 Å². The summed E-state index contributed by atoms with van der Waals surface area (Å²) in [5.74, 6) is 1.04. The average molecular weight is 508 g/mol. The van der Waals surface area contributed by atoms with Crippen LogP contribution in [0.25, 0.3) is 27.9 Å². The summed E-state index contributed by atoms with van der Waals surface area (Å²) in [4.78, 5) is 8.90. The first-order chi connectivity index (χ1) is 18.1. The Morgan fingerprint density at radius 3 is 2.34 bits per heavy atom. The van der Waals surface area contributed by atoms with Crippen molar-refractivity contribution in [3.05, 3.63) is 82.4 Å². The molecule has 4 nitrogen and oxygen atoms in total. The molecule has 3 aromatic carbocycles. The number of benzene rings is 3. The van der Waals surface area contributed by atoms with Crippen molar-refractivity contribution in [2.45, 2.75) is 65.6 Å². The van der Waals surface area contributed by atoms with Crippen LogP contribution >= 0.6 is 0 Å². The first-order valence-electron chi connectivity index (χ1n) is 14.1. The van der Waals surface area contributed by atoms with Crippen LogP contribution in [-0.4, -0.2) is 46.6 Å². The average Bonchev–Trinajstić information content (AvgIpc) is 3.22. The quantitative estimate of drug-likeness (QED) is 0.312. The minimum atomic E-state index is -0.312. The Labute approximate surface area is 227 Å². The van der Waals surface area contributed by atoms with E-state index >= 15 is 0 Å². The van der Waals surface area contributed by atoms with E-state index in [0.29, 0.717) is 0 Å². The Bertz CT molecular complexity index is 1530. The summed E-state index contributed by atoms with van der Waals surface area (Å²) >= 11 is 0. The van der Waals surface area contributed by atoms with Gasteiger partial charge in [0.1, 0.15) is 11.4 Å². The molecule has 0 amide bonds. The molecule has 2 aliphatic rings. The summed E-state index contributed by atoms with van der Waals surface area (Å²) in [6, 6.07) is 18.2. The second-order valence-corrected chi connectivity index (χ2v) is 12.9. The summed E-state index contributed by atoms with van der Waals surface area (Å²) in [6.45, 7) is 19.6. The van der Waals surface area contributed by atoms with Crippen molar-refractivity contribution < 1.29 is 4.74 Å². The minimum Gasteiger partial charge on any atom is -0.483 e. The number of ether oxygens (including phenoxy) is 1. The molecule has 6 rings (SSSR count). The van der Waals surface area contributed by atoms with Crippen LogP contribution in [0.3, 0.4) is 0 Å². The highest BCUT2D eigenvalue weighted by Crippen LogP contribution is 2.42. The summed E-state index contributed by atoms with van der Waals surface area (Å²) in [6.07, 6.45) is 4.46. The van der Waals surface area contributed by atoms with Gasteiger partial charge in [0.25, 0.3) is 0 Å². The van der Waals surface area contributed by atoms with Crippen molar-refractivity contribution in [3.63, 3.8) is 0 Å². The standard InChI is InChI=1S/C34H41N3O/c1-23-8-7-9-24(18-23)21-36-14-16-37(17-15-36)22-25-19-29-28-20-26(33(2,3)4)10-11-30(28)35-31(29)27-12-13-34(5,6)38-32(25)27/h7-13,18-20,35H,14-17,21-22H2,1-6H3. The van der Waals surface area contributed by atoms with E-state index in [1.807, 2.05) is 0 Å². The number of aromatic nitrogens is 1. The van der Waals surface area contributed by atoms with E-state index < -0.39 is 0 Å². The number of piperazine rings is 1. The number of hydrogen-bond acceptors (Lipinski definition) is 3. The Morgan fingerprint density at radius 2 is 1.63 bits per heavy atom. The molecule has 1 saturated heterocycles. The van der Waals surface area contributed by atoms with Gasteiger partial charge in [-0.15, -0.1) is 0 Å². The van der Waals surface area contributed by atoms with Gasteiger partial charge < -0.3 is 9.72 Å². The van der Waals surface area contributed by atoms with Gasteiger partial charge in [0.05, 0.1) is 5.52 Å². The summed E-state index contributed by atoms with van der Waals surface area (Å²) in [5.41, 5.74) is 8.76. The number of fused-ring (bicyclic) bond motifs is 5. The summed E-state index contributed by atoms with van der Waals surface area (Å²) in [5, 5.41) is 2.60. The lowest BCUT2D eigenvalue weighted by Crippen LogP contribution is -2.45. The Hall–Kier alpha value is -3.08. The largest absolute Gasteiger partial charge is 0.483 e. The zero-order valence-corrected chi connectivity index (χ0v) is 23.8. The molecule has 0 atom stereocenters. The number of hydrogen-bond donors (Lipinski definition) is 1. The molecule has 1 N–H and O–H groups in total. The maximum atomic E-state index is 6.64. The molecule has 0 unspecified atom stereocenters. The normalized spacial score (nSPS) is 18.2. The summed E-state index contributed by atoms with van der Waals surface area (Å²) in [7, 11) is 0. The molecule has 0 saturated carbocycles. The molecule has 1 aromatic heterocycles. The lowest BCUT2D eigenvalue weighted by Gasteiger charge is -2.36. The van der Waals surface area contributed by atoms with Gasteiger partial charge in [-0.2, -0.15) is 0 Å². The second-order valence-electron chi connectivity index (χ2n) is 12.9. The molecule has 0 aliphatic carbocycles. The van der Waals surface area contributed by atoms with Crippen LogP contribution < -0.4 is 4.74 Å². The third-order valence-electron chi connectivity index (χ3n) is 8.19. The third-order valence-corrected chi connectivity index (χ3v) is 8.19. The van der Waals surface area contributed by atoms with Gasteiger partial charge in [-0.25, -0.2) is 0 Å². The minimum absolute atomic E-state index is 0.111. The molecule has 4 heteroatoms. The van der Waals surface area contributed by atoms with Crippen LogP contribution in [0.15, 0.2) is 54.6 Å². The van der Waals surface area contributed by atoms with Crippen LogP contribution in [0.2, 0.25) is 0 Å². The van der Waals surface area contributed by atoms with Crippen LogP contribution in [0.1, 0.15) is 62.4 Å². The van der Waals surface area contributed by atoms with Crippen LogP contribution in [0.5, 0.6) is 5.75 Å².